The molecular weight excluding hydrogens is 335 g/mol. The minimum absolute atomic E-state index is 0.0927. The van der Waals surface area contributed by atoms with Crippen molar-refractivity contribution in [1.82, 2.24) is 5.32 Å². The van der Waals surface area contributed by atoms with Crippen LogP contribution in [0.1, 0.15) is 15.2 Å². The first-order valence-electron chi connectivity index (χ1n) is 5.94. The van der Waals surface area contributed by atoms with Gasteiger partial charge in [-0.3, -0.25) is 14.9 Å². The number of nitro groups is 1. The molecule has 5 nitrogen and oxygen atoms in total. The normalized spacial score (nSPS) is 10.4. The van der Waals surface area contributed by atoms with E-state index in [1.54, 1.807) is 6.07 Å². The Labute approximate surface area is 134 Å². The van der Waals surface area contributed by atoms with Gasteiger partial charge >= 0.3 is 0 Å². The van der Waals surface area contributed by atoms with Crippen LogP contribution < -0.4 is 5.32 Å². The lowest BCUT2D eigenvalue weighted by molar-refractivity contribution is -0.384. The Morgan fingerprint density at radius 1 is 1.29 bits per heavy atom. The third-order valence-electron chi connectivity index (χ3n) is 2.71. The average molecular weight is 345 g/mol. The lowest BCUT2D eigenvalue weighted by Crippen LogP contribution is -2.25. The van der Waals surface area contributed by atoms with E-state index in [-0.39, 0.29) is 16.3 Å². The summed E-state index contributed by atoms with van der Waals surface area (Å²) in [6, 6.07) is 7.82. The Balaban J connectivity index is 2.00. The number of amides is 1. The third-order valence-corrected chi connectivity index (χ3v) is 4.39. The first-order chi connectivity index (χ1) is 9.99. The summed E-state index contributed by atoms with van der Waals surface area (Å²) in [7, 11) is 0. The van der Waals surface area contributed by atoms with Crippen molar-refractivity contribution in [2.24, 2.45) is 0 Å². The van der Waals surface area contributed by atoms with E-state index in [0.717, 1.165) is 4.88 Å². The van der Waals surface area contributed by atoms with Crippen molar-refractivity contribution in [2.45, 2.75) is 6.42 Å². The maximum Gasteiger partial charge on any atom is 0.288 e. The molecule has 2 aromatic rings. The molecule has 0 aliphatic carbocycles. The summed E-state index contributed by atoms with van der Waals surface area (Å²) >= 11 is 13.1. The number of carbonyl (C=O) groups excluding carboxylic acids is 1. The molecule has 0 aliphatic rings. The molecule has 1 amide bonds. The Hall–Kier alpha value is -1.63. The Kier molecular flexibility index (Phi) is 5.17. The van der Waals surface area contributed by atoms with Crippen LogP contribution in [0.2, 0.25) is 9.36 Å². The SMILES string of the molecule is O=C(NCCc1ccc(Cl)s1)c1cccc([N+](=O)[O-])c1Cl. The average Bonchev–Trinajstić information content (AvgIpc) is 2.84. The van der Waals surface area contributed by atoms with E-state index in [0.29, 0.717) is 17.3 Å². The van der Waals surface area contributed by atoms with E-state index in [1.807, 2.05) is 6.07 Å². The molecule has 0 saturated heterocycles. The molecule has 1 N–H and O–H groups in total. The number of carbonyl (C=O) groups is 1. The first kappa shape index (κ1) is 15.8. The van der Waals surface area contributed by atoms with E-state index < -0.39 is 10.8 Å². The zero-order chi connectivity index (χ0) is 15.4. The number of nitrogens with zero attached hydrogens (tertiary/aromatic N) is 1. The van der Waals surface area contributed by atoms with Crippen LogP contribution >= 0.6 is 34.5 Å². The van der Waals surface area contributed by atoms with Gasteiger partial charge in [-0.2, -0.15) is 0 Å². The maximum absolute atomic E-state index is 12.0. The summed E-state index contributed by atoms with van der Waals surface area (Å²) in [5, 5.41) is 13.3. The van der Waals surface area contributed by atoms with Gasteiger partial charge in [-0.1, -0.05) is 29.3 Å². The van der Waals surface area contributed by atoms with Crippen LogP contribution in [0.4, 0.5) is 5.69 Å². The molecule has 0 aliphatic heterocycles. The van der Waals surface area contributed by atoms with Crippen LogP contribution in [0.5, 0.6) is 0 Å². The molecule has 1 heterocycles. The fraction of sp³-hybridized carbons (Fsp3) is 0.154. The highest BCUT2D eigenvalue weighted by Gasteiger charge is 2.19. The molecule has 1 aromatic heterocycles. The zero-order valence-corrected chi connectivity index (χ0v) is 13.0. The Morgan fingerprint density at radius 2 is 2.05 bits per heavy atom. The second-order valence-electron chi connectivity index (χ2n) is 4.11. The number of hydrogen-bond acceptors (Lipinski definition) is 4. The van der Waals surface area contributed by atoms with E-state index in [2.05, 4.69) is 5.32 Å². The van der Waals surface area contributed by atoms with Crippen molar-refractivity contribution >= 4 is 46.1 Å². The van der Waals surface area contributed by atoms with E-state index in [4.69, 9.17) is 23.2 Å². The smallest absolute Gasteiger partial charge is 0.288 e. The van der Waals surface area contributed by atoms with Crippen molar-refractivity contribution in [1.29, 1.82) is 0 Å². The van der Waals surface area contributed by atoms with Crippen molar-refractivity contribution in [3.8, 4) is 0 Å². The van der Waals surface area contributed by atoms with Gasteiger partial charge in [-0.25, -0.2) is 0 Å². The molecule has 0 saturated carbocycles. The first-order valence-corrected chi connectivity index (χ1v) is 7.51. The molecular formula is C13H10Cl2N2O3S. The van der Waals surface area contributed by atoms with Crippen LogP contribution in [0.25, 0.3) is 0 Å². The fourth-order valence-electron chi connectivity index (χ4n) is 1.72. The van der Waals surface area contributed by atoms with Crippen molar-refractivity contribution < 1.29 is 9.72 Å². The number of halogens is 2. The van der Waals surface area contributed by atoms with Crippen LogP contribution in [-0.2, 0) is 6.42 Å². The summed E-state index contributed by atoms with van der Waals surface area (Å²) in [4.78, 5) is 23.2. The van der Waals surface area contributed by atoms with Gasteiger partial charge < -0.3 is 5.32 Å². The van der Waals surface area contributed by atoms with Crippen LogP contribution in [-0.4, -0.2) is 17.4 Å². The molecule has 2 rings (SSSR count). The molecule has 0 spiro atoms. The van der Waals surface area contributed by atoms with Gasteiger partial charge in [0.1, 0.15) is 5.02 Å². The number of thiophene rings is 1. The summed E-state index contributed by atoms with van der Waals surface area (Å²) in [6.45, 7) is 0.398. The minimum Gasteiger partial charge on any atom is -0.352 e. The fourth-order valence-corrected chi connectivity index (χ4v) is 3.08. The van der Waals surface area contributed by atoms with Crippen LogP contribution in [0, 0.1) is 10.1 Å². The lowest BCUT2D eigenvalue weighted by atomic mass is 10.2. The largest absolute Gasteiger partial charge is 0.352 e. The molecule has 0 unspecified atom stereocenters. The summed E-state index contributed by atoms with van der Waals surface area (Å²) < 4.78 is 0.693. The number of hydrogen-bond donors (Lipinski definition) is 1. The summed E-state index contributed by atoms with van der Waals surface area (Å²) in [5.74, 6) is -0.439. The van der Waals surface area contributed by atoms with Crippen LogP contribution in [0.3, 0.4) is 0 Å². The van der Waals surface area contributed by atoms with Gasteiger partial charge in [-0.15, -0.1) is 11.3 Å². The number of benzene rings is 1. The van der Waals surface area contributed by atoms with E-state index >= 15 is 0 Å². The van der Waals surface area contributed by atoms with Crippen molar-refractivity contribution in [3.63, 3.8) is 0 Å². The lowest BCUT2D eigenvalue weighted by Gasteiger charge is -2.06. The molecule has 0 atom stereocenters. The number of nitro benzene ring substituents is 1. The molecule has 0 bridgehead atoms. The van der Waals surface area contributed by atoms with Crippen LogP contribution in [0.15, 0.2) is 30.3 Å². The summed E-state index contributed by atoms with van der Waals surface area (Å²) in [6.07, 6.45) is 0.635. The van der Waals surface area contributed by atoms with Gasteiger partial charge in [0.05, 0.1) is 14.8 Å². The van der Waals surface area contributed by atoms with E-state index in [9.17, 15) is 14.9 Å². The molecule has 8 heteroatoms. The second-order valence-corrected chi connectivity index (χ2v) is 6.29. The van der Waals surface area contributed by atoms with Gasteiger partial charge in [0.2, 0.25) is 0 Å². The highest BCUT2D eigenvalue weighted by molar-refractivity contribution is 7.16. The Morgan fingerprint density at radius 3 is 2.67 bits per heavy atom. The number of rotatable bonds is 5. The predicted molar refractivity (Wildman–Crippen MR) is 83.5 cm³/mol. The highest BCUT2D eigenvalue weighted by Crippen LogP contribution is 2.27. The van der Waals surface area contributed by atoms with Gasteiger partial charge in [0.25, 0.3) is 11.6 Å². The number of nitrogens with one attached hydrogen (secondary N) is 1. The molecule has 0 fully saturated rings. The van der Waals surface area contributed by atoms with Crippen molar-refractivity contribution in [2.75, 3.05) is 6.54 Å². The van der Waals surface area contributed by atoms with Crippen molar-refractivity contribution in [3.05, 3.63) is 60.2 Å². The third kappa shape index (κ3) is 3.93. The maximum atomic E-state index is 12.0. The highest BCUT2D eigenvalue weighted by atomic mass is 35.5. The molecule has 0 radical (unpaired) electrons. The van der Waals surface area contributed by atoms with Gasteiger partial charge in [0.15, 0.2) is 0 Å². The van der Waals surface area contributed by atoms with E-state index in [1.165, 1.54) is 29.5 Å². The van der Waals surface area contributed by atoms with Gasteiger partial charge in [0, 0.05) is 17.5 Å². The minimum atomic E-state index is -0.618. The topological polar surface area (TPSA) is 72.2 Å². The molecule has 110 valence electrons. The Bertz CT molecular complexity index is 688. The second kappa shape index (κ2) is 6.89. The standard InChI is InChI=1S/C13H10Cl2N2O3S/c14-11-5-4-8(21-11)6-7-16-13(18)9-2-1-3-10(12(9)15)17(19)20/h1-5H,6-7H2,(H,16,18). The van der Waals surface area contributed by atoms with Gasteiger partial charge in [-0.05, 0) is 24.6 Å². The molecule has 1 aromatic carbocycles. The monoisotopic (exact) mass is 344 g/mol. The quantitative estimate of drug-likeness (QED) is 0.659. The molecule has 21 heavy (non-hydrogen) atoms. The predicted octanol–water partition coefficient (Wildman–Crippen LogP) is 3.94. The summed E-state index contributed by atoms with van der Waals surface area (Å²) in [5.41, 5.74) is -0.190. The zero-order valence-electron chi connectivity index (χ0n) is 10.6.